The van der Waals surface area contributed by atoms with Crippen LogP contribution in [0.3, 0.4) is 0 Å². The van der Waals surface area contributed by atoms with Gasteiger partial charge in [0.2, 0.25) is 5.91 Å². The summed E-state index contributed by atoms with van der Waals surface area (Å²) in [6, 6.07) is 8.93. The number of carbonyl (C=O) groups is 1. The molecule has 0 saturated carbocycles. The van der Waals surface area contributed by atoms with Gasteiger partial charge in [0, 0.05) is 38.8 Å². The standard InChI is InChI=1S/C18H29N3O/c1-20(2)16-9-7-15(8-10-16)11-12-19-18(22)14-17-6-4-5-13-21(17)3/h7-10,17H,4-6,11-14H2,1-3H3,(H,19,22). The van der Waals surface area contributed by atoms with E-state index in [9.17, 15) is 4.79 Å². The van der Waals surface area contributed by atoms with Crippen LogP contribution in [0.15, 0.2) is 24.3 Å². The van der Waals surface area contributed by atoms with E-state index in [4.69, 9.17) is 0 Å². The van der Waals surface area contributed by atoms with E-state index in [2.05, 4.69) is 46.4 Å². The number of benzene rings is 1. The molecule has 1 N–H and O–H groups in total. The van der Waals surface area contributed by atoms with Crippen molar-refractivity contribution in [3.05, 3.63) is 29.8 Å². The summed E-state index contributed by atoms with van der Waals surface area (Å²) in [7, 11) is 6.21. The van der Waals surface area contributed by atoms with Crippen molar-refractivity contribution in [1.29, 1.82) is 0 Å². The second-order valence-electron chi connectivity index (χ2n) is 6.50. The second kappa shape index (κ2) is 8.18. The molecule has 4 heteroatoms. The van der Waals surface area contributed by atoms with Crippen molar-refractivity contribution in [1.82, 2.24) is 10.2 Å². The van der Waals surface area contributed by atoms with Crippen molar-refractivity contribution in [3.63, 3.8) is 0 Å². The highest BCUT2D eigenvalue weighted by Crippen LogP contribution is 2.17. The molecule has 2 rings (SSSR count). The van der Waals surface area contributed by atoms with Crippen LogP contribution in [0.2, 0.25) is 0 Å². The van der Waals surface area contributed by atoms with Crippen molar-refractivity contribution in [3.8, 4) is 0 Å². The van der Waals surface area contributed by atoms with Gasteiger partial charge in [-0.2, -0.15) is 0 Å². The van der Waals surface area contributed by atoms with Crippen LogP contribution in [-0.2, 0) is 11.2 Å². The Labute approximate surface area is 134 Å². The second-order valence-corrected chi connectivity index (χ2v) is 6.50. The summed E-state index contributed by atoms with van der Waals surface area (Å²) in [5, 5.41) is 3.06. The molecule has 0 aromatic heterocycles. The van der Waals surface area contributed by atoms with Gasteiger partial charge in [0.05, 0.1) is 0 Å². The molecule has 1 aromatic carbocycles. The molecule has 0 spiro atoms. The molecular formula is C18H29N3O. The predicted octanol–water partition coefficient (Wildman–Crippen LogP) is 2.29. The minimum Gasteiger partial charge on any atom is -0.378 e. The maximum atomic E-state index is 12.0. The number of likely N-dealkylation sites (tertiary alicyclic amines) is 1. The quantitative estimate of drug-likeness (QED) is 0.876. The Morgan fingerprint density at radius 1 is 1.27 bits per heavy atom. The Balaban J connectivity index is 1.70. The number of rotatable bonds is 6. The molecule has 0 radical (unpaired) electrons. The molecule has 1 aromatic rings. The first-order valence-corrected chi connectivity index (χ1v) is 8.29. The molecule has 1 saturated heterocycles. The lowest BCUT2D eigenvalue weighted by Crippen LogP contribution is -2.40. The van der Waals surface area contributed by atoms with Crippen molar-refractivity contribution >= 4 is 11.6 Å². The molecule has 1 aliphatic rings. The van der Waals surface area contributed by atoms with E-state index in [1.807, 2.05) is 14.1 Å². The van der Waals surface area contributed by atoms with E-state index in [0.717, 1.165) is 25.9 Å². The van der Waals surface area contributed by atoms with E-state index in [-0.39, 0.29) is 5.91 Å². The molecule has 1 amide bonds. The molecule has 1 unspecified atom stereocenters. The number of hydrogen-bond acceptors (Lipinski definition) is 3. The van der Waals surface area contributed by atoms with Gasteiger partial charge in [-0.1, -0.05) is 18.6 Å². The minimum atomic E-state index is 0.184. The molecule has 122 valence electrons. The van der Waals surface area contributed by atoms with E-state index in [1.54, 1.807) is 0 Å². The molecular weight excluding hydrogens is 274 g/mol. The van der Waals surface area contributed by atoms with Crippen LogP contribution >= 0.6 is 0 Å². The zero-order valence-electron chi connectivity index (χ0n) is 14.1. The zero-order chi connectivity index (χ0) is 15.9. The van der Waals surface area contributed by atoms with E-state index in [1.165, 1.54) is 24.1 Å². The van der Waals surface area contributed by atoms with E-state index >= 15 is 0 Å². The number of anilines is 1. The fraction of sp³-hybridized carbons (Fsp3) is 0.611. The Morgan fingerprint density at radius 3 is 2.64 bits per heavy atom. The first-order chi connectivity index (χ1) is 10.6. The van der Waals surface area contributed by atoms with Gasteiger partial charge in [0.15, 0.2) is 0 Å². The number of carbonyl (C=O) groups excluding carboxylic acids is 1. The summed E-state index contributed by atoms with van der Waals surface area (Å²) >= 11 is 0. The van der Waals surface area contributed by atoms with Crippen molar-refractivity contribution in [2.24, 2.45) is 0 Å². The van der Waals surface area contributed by atoms with Gasteiger partial charge in [-0.15, -0.1) is 0 Å². The van der Waals surface area contributed by atoms with Gasteiger partial charge in [0.25, 0.3) is 0 Å². The Bertz CT molecular complexity index is 470. The number of amides is 1. The topological polar surface area (TPSA) is 35.6 Å². The highest BCUT2D eigenvalue weighted by atomic mass is 16.1. The summed E-state index contributed by atoms with van der Waals surface area (Å²) in [4.78, 5) is 16.5. The SMILES string of the molecule is CN(C)c1ccc(CCNC(=O)CC2CCCCN2C)cc1. The lowest BCUT2D eigenvalue weighted by atomic mass is 10.00. The van der Waals surface area contributed by atoms with E-state index in [0.29, 0.717) is 12.5 Å². The lowest BCUT2D eigenvalue weighted by molar-refractivity contribution is -0.122. The largest absolute Gasteiger partial charge is 0.378 e. The normalized spacial score (nSPS) is 19.0. The Hall–Kier alpha value is -1.55. The van der Waals surface area contributed by atoms with Crippen molar-refractivity contribution in [2.75, 3.05) is 39.1 Å². The fourth-order valence-corrected chi connectivity index (χ4v) is 3.00. The van der Waals surface area contributed by atoms with Crippen LogP contribution in [0.1, 0.15) is 31.2 Å². The van der Waals surface area contributed by atoms with Crippen molar-refractivity contribution in [2.45, 2.75) is 38.1 Å². The van der Waals surface area contributed by atoms with Gasteiger partial charge in [-0.25, -0.2) is 0 Å². The maximum absolute atomic E-state index is 12.0. The average Bonchev–Trinajstić information content (AvgIpc) is 2.50. The summed E-state index contributed by atoms with van der Waals surface area (Å²) in [6.45, 7) is 1.84. The van der Waals surface area contributed by atoms with Gasteiger partial charge in [0.1, 0.15) is 0 Å². The van der Waals surface area contributed by atoms with Crippen LogP contribution in [0, 0.1) is 0 Å². The summed E-state index contributed by atoms with van der Waals surface area (Å²) < 4.78 is 0. The van der Waals surface area contributed by atoms with Crippen LogP contribution in [0.25, 0.3) is 0 Å². The molecule has 0 aliphatic carbocycles. The molecule has 1 fully saturated rings. The predicted molar refractivity (Wildman–Crippen MR) is 92.4 cm³/mol. The van der Waals surface area contributed by atoms with Gasteiger partial charge >= 0.3 is 0 Å². The van der Waals surface area contributed by atoms with Crippen molar-refractivity contribution < 1.29 is 4.79 Å². The number of piperidine rings is 1. The maximum Gasteiger partial charge on any atom is 0.221 e. The Kier molecular flexibility index (Phi) is 6.25. The molecule has 22 heavy (non-hydrogen) atoms. The highest BCUT2D eigenvalue weighted by Gasteiger charge is 2.21. The molecule has 1 atom stereocenters. The van der Waals surface area contributed by atoms with Crippen LogP contribution in [0.5, 0.6) is 0 Å². The Morgan fingerprint density at radius 2 is 2.00 bits per heavy atom. The van der Waals surface area contributed by atoms with Crippen LogP contribution in [0.4, 0.5) is 5.69 Å². The smallest absolute Gasteiger partial charge is 0.221 e. The van der Waals surface area contributed by atoms with Crippen LogP contribution in [-0.4, -0.2) is 51.1 Å². The molecule has 0 bridgehead atoms. The molecule has 1 aliphatic heterocycles. The molecule has 4 nitrogen and oxygen atoms in total. The monoisotopic (exact) mass is 303 g/mol. The third-order valence-corrected chi connectivity index (χ3v) is 4.53. The van der Waals surface area contributed by atoms with Crippen LogP contribution < -0.4 is 10.2 Å². The third-order valence-electron chi connectivity index (χ3n) is 4.53. The van der Waals surface area contributed by atoms with Gasteiger partial charge in [-0.05, 0) is 50.6 Å². The minimum absolute atomic E-state index is 0.184. The summed E-state index contributed by atoms with van der Waals surface area (Å²) in [5.74, 6) is 0.184. The fourth-order valence-electron chi connectivity index (χ4n) is 3.00. The number of nitrogens with zero attached hydrogens (tertiary/aromatic N) is 2. The number of hydrogen-bond donors (Lipinski definition) is 1. The van der Waals surface area contributed by atoms with Gasteiger partial charge < -0.3 is 15.1 Å². The average molecular weight is 303 g/mol. The number of nitrogens with one attached hydrogen (secondary N) is 1. The zero-order valence-corrected chi connectivity index (χ0v) is 14.1. The van der Waals surface area contributed by atoms with Gasteiger partial charge in [-0.3, -0.25) is 4.79 Å². The summed E-state index contributed by atoms with van der Waals surface area (Å²) in [5.41, 5.74) is 2.47. The third kappa shape index (κ3) is 5.02. The first-order valence-electron chi connectivity index (χ1n) is 8.29. The summed E-state index contributed by atoms with van der Waals surface area (Å²) in [6.07, 6.45) is 5.18. The van der Waals surface area contributed by atoms with E-state index < -0.39 is 0 Å². The lowest BCUT2D eigenvalue weighted by Gasteiger charge is -2.31. The molecule has 1 heterocycles. The highest BCUT2D eigenvalue weighted by molar-refractivity contribution is 5.76. The first kappa shape index (κ1) is 16.8.